The van der Waals surface area contributed by atoms with Crippen LogP contribution >= 0.6 is 27.5 Å². The van der Waals surface area contributed by atoms with E-state index in [-0.39, 0.29) is 17.6 Å². The van der Waals surface area contributed by atoms with Gasteiger partial charge in [-0.05, 0) is 18.2 Å². The van der Waals surface area contributed by atoms with Gasteiger partial charge in [0.15, 0.2) is 0 Å². The summed E-state index contributed by atoms with van der Waals surface area (Å²) in [7, 11) is 0. The number of rotatable bonds is 2. The van der Waals surface area contributed by atoms with Crippen LogP contribution in [-0.4, -0.2) is 42.5 Å². The van der Waals surface area contributed by atoms with Crippen LogP contribution in [0, 0.1) is 5.82 Å². The molecule has 1 aliphatic rings. The highest BCUT2D eigenvalue weighted by Gasteiger charge is 2.26. The minimum absolute atomic E-state index is 0.0691. The van der Waals surface area contributed by atoms with Crippen molar-refractivity contribution in [2.45, 2.75) is 6.10 Å². The van der Waals surface area contributed by atoms with Crippen LogP contribution in [0.5, 0.6) is 0 Å². The summed E-state index contributed by atoms with van der Waals surface area (Å²) in [5.74, 6) is -0.519. The van der Waals surface area contributed by atoms with Crippen molar-refractivity contribution in [2.75, 3.05) is 25.6 Å². The molecule has 0 spiro atoms. The first-order valence-corrected chi connectivity index (χ1v) is 6.86. The zero-order valence-corrected chi connectivity index (χ0v) is 11.9. The Morgan fingerprint density at radius 3 is 3.11 bits per heavy atom. The van der Waals surface area contributed by atoms with E-state index in [0.29, 0.717) is 30.0 Å². The molecule has 1 fully saturated rings. The van der Waals surface area contributed by atoms with E-state index in [4.69, 9.17) is 16.3 Å². The number of hydrogen-bond donors (Lipinski definition) is 0. The fourth-order valence-corrected chi connectivity index (χ4v) is 2.38. The van der Waals surface area contributed by atoms with Crippen LogP contribution in [0.3, 0.4) is 0 Å². The van der Waals surface area contributed by atoms with Crippen molar-refractivity contribution in [3.8, 4) is 0 Å². The molecule has 3 nitrogen and oxygen atoms in total. The Bertz CT molecular complexity index is 458. The summed E-state index contributed by atoms with van der Waals surface area (Å²) in [6.45, 7) is 1.28. The van der Waals surface area contributed by atoms with Crippen molar-refractivity contribution in [3.63, 3.8) is 0 Å². The molecule has 2 rings (SSSR count). The van der Waals surface area contributed by atoms with E-state index in [1.807, 2.05) is 0 Å². The van der Waals surface area contributed by atoms with Crippen LogP contribution in [0.4, 0.5) is 4.39 Å². The Morgan fingerprint density at radius 2 is 2.39 bits per heavy atom. The number of carbonyl (C=O) groups is 1. The first-order valence-electron chi connectivity index (χ1n) is 5.53. The number of ether oxygens (including phenoxy) is 1. The van der Waals surface area contributed by atoms with Crippen molar-refractivity contribution in [1.82, 2.24) is 4.90 Å². The maximum atomic E-state index is 13.6. The summed E-state index contributed by atoms with van der Waals surface area (Å²) >= 11 is 8.94. The van der Waals surface area contributed by atoms with Crippen LogP contribution in [0.1, 0.15) is 10.4 Å². The predicted molar refractivity (Wildman–Crippen MR) is 70.5 cm³/mol. The van der Waals surface area contributed by atoms with Crippen molar-refractivity contribution in [1.29, 1.82) is 0 Å². The molecule has 0 saturated carbocycles. The highest BCUT2D eigenvalue weighted by atomic mass is 79.9. The number of alkyl halides is 1. The third-order valence-corrected chi connectivity index (χ3v) is 3.59. The van der Waals surface area contributed by atoms with Crippen molar-refractivity contribution in [2.24, 2.45) is 0 Å². The van der Waals surface area contributed by atoms with Gasteiger partial charge in [-0.1, -0.05) is 15.9 Å². The number of halogens is 3. The third kappa shape index (κ3) is 3.02. The van der Waals surface area contributed by atoms with Crippen LogP contribution in [0.25, 0.3) is 0 Å². The Morgan fingerprint density at radius 1 is 1.61 bits per heavy atom. The summed E-state index contributed by atoms with van der Waals surface area (Å²) < 4.78 is 19.7. The summed E-state index contributed by atoms with van der Waals surface area (Å²) in [6.07, 6.45) is -0.181. The maximum absolute atomic E-state index is 13.6. The van der Waals surface area contributed by atoms with Crippen LogP contribution in [0.2, 0.25) is 0 Å². The molecule has 6 heteroatoms. The summed E-state index contributed by atoms with van der Waals surface area (Å²) in [4.78, 5) is 13.8. The molecule has 0 N–H and O–H groups in total. The maximum Gasteiger partial charge on any atom is 0.257 e. The van der Waals surface area contributed by atoms with E-state index < -0.39 is 5.82 Å². The third-order valence-electron chi connectivity index (χ3n) is 2.76. The minimum atomic E-state index is -0.517. The molecule has 1 unspecified atom stereocenters. The SMILES string of the molecule is O=C(c1cc(Br)ccc1F)N1CCOC(CCl)C1. The van der Waals surface area contributed by atoms with Crippen molar-refractivity contribution < 1.29 is 13.9 Å². The van der Waals surface area contributed by atoms with Gasteiger partial charge in [-0.25, -0.2) is 4.39 Å². The normalized spacial score (nSPS) is 19.9. The standard InChI is InChI=1S/C12H12BrClFNO2/c13-8-1-2-11(15)10(5-8)12(17)16-3-4-18-9(6-14)7-16/h1-2,5,9H,3-4,6-7H2. The minimum Gasteiger partial charge on any atom is -0.373 e. The van der Waals surface area contributed by atoms with E-state index in [1.54, 1.807) is 11.0 Å². The van der Waals surface area contributed by atoms with Crippen LogP contribution < -0.4 is 0 Å². The fraction of sp³-hybridized carbons (Fsp3) is 0.417. The number of carbonyl (C=O) groups excluding carboxylic acids is 1. The highest BCUT2D eigenvalue weighted by Crippen LogP contribution is 2.18. The molecule has 1 aromatic rings. The molecule has 1 aliphatic heterocycles. The number of morpholine rings is 1. The average Bonchev–Trinajstić information content (AvgIpc) is 2.41. The molecule has 1 heterocycles. The molecule has 0 aromatic heterocycles. The molecule has 98 valence electrons. The van der Waals surface area contributed by atoms with Gasteiger partial charge in [-0.3, -0.25) is 4.79 Å². The Labute approximate surface area is 118 Å². The molecular formula is C12H12BrClFNO2. The van der Waals surface area contributed by atoms with Crippen LogP contribution in [-0.2, 0) is 4.74 Å². The zero-order chi connectivity index (χ0) is 13.1. The van der Waals surface area contributed by atoms with Crippen molar-refractivity contribution >= 4 is 33.4 Å². The topological polar surface area (TPSA) is 29.5 Å². The molecular weight excluding hydrogens is 324 g/mol. The second-order valence-corrected chi connectivity index (χ2v) is 5.25. The van der Waals surface area contributed by atoms with E-state index in [1.165, 1.54) is 12.1 Å². The van der Waals surface area contributed by atoms with Gasteiger partial charge in [0.2, 0.25) is 0 Å². The molecule has 1 amide bonds. The van der Waals surface area contributed by atoms with E-state index in [2.05, 4.69) is 15.9 Å². The number of benzene rings is 1. The molecule has 1 atom stereocenters. The van der Waals surface area contributed by atoms with Gasteiger partial charge in [0.25, 0.3) is 5.91 Å². The monoisotopic (exact) mass is 335 g/mol. The first kappa shape index (κ1) is 13.8. The lowest BCUT2D eigenvalue weighted by Gasteiger charge is -2.32. The van der Waals surface area contributed by atoms with Gasteiger partial charge in [0.05, 0.1) is 24.2 Å². The quantitative estimate of drug-likeness (QED) is 0.777. The Hall–Kier alpha value is -0.650. The summed E-state index contributed by atoms with van der Waals surface area (Å²) in [5, 5.41) is 0. The van der Waals surface area contributed by atoms with E-state index in [0.717, 1.165) is 0 Å². The number of hydrogen-bond acceptors (Lipinski definition) is 2. The lowest BCUT2D eigenvalue weighted by atomic mass is 10.1. The van der Waals surface area contributed by atoms with Gasteiger partial charge >= 0.3 is 0 Å². The van der Waals surface area contributed by atoms with E-state index in [9.17, 15) is 9.18 Å². The number of nitrogens with zero attached hydrogens (tertiary/aromatic N) is 1. The first-order chi connectivity index (χ1) is 8.61. The fourth-order valence-electron chi connectivity index (χ4n) is 1.83. The van der Waals surface area contributed by atoms with Gasteiger partial charge in [-0.2, -0.15) is 0 Å². The summed E-state index contributed by atoms with van der Waals surface area (Å²) in [5.41, 5.74) is 0.0691. The molecule has 0 aliphatic carbocycles. The van der Waals surface area contributed by atoms with E-state index >= 15 is 0 Å². The number of amides is 1. The Kier molecular flexibility index (Phi) is 4.59. The molecule has 0 bridgehead atoms. The van der Waals surface area contributed by atoms with Crippen molar-refractivity contribution in [3.05, 3.63) is 34.1 Å². The second kappa shape index (κ2) is 5.99. The van der Waals surface area contributed by atoms with Gasteiger partial charge in [0.1, 0.15) is 5.82 Å². The van der Waals surface area contributed by atoms with Gasteiger partial charge < -0.3 is 9.64 Å². The van der Waals surface area contributed by atoms with Gasteiger partial charge in [0, 0.05) is 17.6 Å². The van der Waals surface area contributed by atoms with Gasteiger partial charge in [-0.15, -0.1) is 11.6 Å². The highest BCUT2D eigenvalue weighted by molar-refractivity contribution is 9.10. The average molecular weight is 337 g/mol. The Balaban J connectivity index is 2.17. The predicted octanol–water partition coefficient (Wildman–Crippen LogP) is 2.67. The molecule has 18 heavy (non-hydrogen) atoms. The molecule has 0 radical (unpaired) electrons. The largest absolute Gasteiger partial charge is 0.373 e. The molecule has 1 aromatic carbocycles. The molecule has 1 saturated heterocycles. The lowest BCUT2D eigenvalue weighted by Crippen LogP contribution is -2.46. The second-order valence-electron chi connectivity index (χ2n) is 4.02. The van der Waals surface area contributed by atoms with Crippen LogP contribution in [0.15, 0.2) is 22.7 Å². The zero-order valence-electron chi connectivity index (χ0n) is 9.54. The smallest absolute Gasteiger partial charge is 0.257 e. The lowest BCUT2D eigenvalue weighted by molar-refractivity contribution is -0.0109. The summed E-state index contributed by atoms with van der Waals surface area (Å²) in [6, 6.07) is 4.33.